The number of hydrogen-bond acceptors (Lipinski definition) is 4. The van der Waals surface area contributed by atoms with Gasteiger partial charge >= 0.3 is 5.97 Å². The number of rotatable bonds is 5. The standard InChI is InChI=1S/C14H15NO3S/c1-9-5-3-4-6-10(9)7-12-15-11(8-18-2)13(19-12)14(16)17/h3-6H,7-8H2,1-2H3,(H,16,17). The smallest absolute Gasteiger partial charge is 0.347 e. The van der Waals surface area contributed by atoms with Crippen LogP contribution in [0.25, 0.3) is 0 Å². The van der Waals surface area contributed by atoms with E-state index in [1.807, 2.05) is 31.2 Å². The number of carbonyl (C=O) groups is 1. The lowest BCUT2D eigenvalue weighted by Crippen LogP contribution is -1.99. The highest BCUT2D eigenvalue weighted by Gasteiger charge is 2.17. The second-order valence-corrected chi connectivity index (χ2v) is 5.31. The highest BCUT2D eigenvalue weighted by molar-refractivity contribution is 7.13. The van der Waals surface area contributed by atoms with Crippen LogP contribution < -0.4 is 0 Å². The molecule has 0 unspecified atom stereocenters. The molecule has 1 N–H and O–H groups in total. The van der Waals surface area contributed by atoms with Gasteiger partial charge in [0.1, 0.15) is 4.88 Å². The third-order valence-electron chi connectivity index (χ3n) is 2.82. The summed E-state index contributed by atoms with van der Waals surface area (Å²) in [4.78, 5) is 15.8. The molecule has 2 rings (SSSR count). The Labute approximate surface area is 115 Å². The van der Waals surface area contributed by atoms with Crippen molar-refractivity contribution in [2.45, 2.75) is 20.0 Å². The van der Waals surface area contributed by atoms with Crippen molar-refractivity contribution in [3.63, 3.8) is 0 Å². The largest absolute Gasteiger partial charge is 0.477 e. The van der Waals surface area contributed by atoms with Gasteiger partial charge in [-0.1, -0.05) is 24.3 Å². The zero-order valence-electron chi connectivity index (χ0n) is 10.8. The van der Waals surface area contributed by atoms with Crippen LogP contribution in [0.15, 0.2) is 24.3 Å². The average molecular weight is 277 g/mol. The van der Waals surface area contributed by atoms with E-state index in [0.717, 1.165) is 10.6 Å². The molecule has 0 saturated carbocycles. The Hall–Kier alpha value is -1.72. The molecule has 100 valence electrons. The summed E-state index contributed by atoms with van der Waals surface area (Å²) in [5.41, 5.74) is 2.85. The first-order valence-corrected chi connectivity index (χ1v) is 6.68. The Morgan fingerprint density at radius 2 is 2.16 bits per heavy atom. The molecule has 0 saturated heterocycles. The van der Waals surface area contributed by atoms with E-state index in [2.05, 4.69) is 4.98 Å². The van der Waals surface area contributed by atoms with Gasteiger partial charge in [0, 0.05) is 13.5 Å². The van der Waals surface area contributed by atoms with Gasteiger partial charge in [-0.25, -0.2) is 9.78 Å². The normalized spacial score (nSPS) is 10.6. The van der Waals surface area contributed by atoms with Crippen LogP contribution >= 0.6 is 11.3 Å². The quantitative estimate of drug-likeness (QED) is 0.913. The summed E-state index contributed by atoms with van der Waals surface area (Å²) in [7, 11) is 1.53. The number of ether oxygens (including phenoxy) is 1. The van der Waals surface area contributed by atoms with Crippen molar-refractivity contribution in [1.82, 2.24) is 4.98 Å². The van der Waals surface area contributed by atoms with Gasteiger partial charge in [0.2, 0.25) is 0 Å². The summed E-state index contributed by atoms with van der Waals surface area (Å²) in [5.74, 6) is -0.944. The summed E-state index contributed by atoms with van der Waals surface area (Å²) >= 11 is 1.22. The summed E-state index contributed by atoms with van der Waals surface area (Å²) < 4.78 is 4.99. The molecular weight excluding hydrogens is 262 g/mol. The van der Waals surface area contributed by atoms with Crippen molar-refractivity contribution in [2.75, 3.05) is 7.11 Å². The molecule has 5 heteroatoms. The second-order valence-electron chi connectivity index (χ2n) is 4.22. The molecule has 19 heavy (non-hydrogen) atoms. The summed E-state index contributed by atoms with van der Waals surface area (Å²) in [6.45, 7) is 2.27. The van der Waals surface area contributed by atoms with E-state index in [1.54, 1.807) is 0 Å². The maximum absolute atomic E-state index is 11.1. The lowest BCUT2D eigenvalue weighted by molar-refractivity contribution is 0.0697. The topological polar surface area (TPSA) is 59.4 Å². The van der Waals surface area contributed by atoms with Crippen molar-refractivity contribution in [3.8, 4) is 0 Å². The molecule has 1 aromatic heterocycles. The number of methoxy groups -OCH3 is 1. The number of aromatic nitrogens is 1. The number of carboxylic acid groups (broad SMARTS) is 1. The molecule has 0 amide bonds. The predicted octanol–water partition coefficient (Wildman–Crippen LogP) is 2.89. The van der Waals surface area contributed by atoms with E-state index >= 15 is 0 Å². The van der Waals surface area contributed by atoms with Crippen molar-refractivity contribution >= 4 is 17.3 Å². The van der Waals surface area contributed by atoms with Crippen LogP contribution in [0.5, 0.6) is 0 Å². The molecule has 0 fully saturated rings. The van der Waals surface area contributed by atoms with Crippen LogP contribution in [0.1, 0.15) is 31.5 Å². The van der Waals surface area contributed by atoms with Gasteiger partial charge in [0.15, 0.2) is 0 Å². The molecule has 1 aromatic carbocycles. The Bertz CT molecular complexity index is 592. The minimum Gasteiger partial charge on any atom is -0.477 e. The Morgan fingerprint density at radius 3 is 2.79 bits per heavy atom. The van der Waals surface area contributed by atoms with Crippen molar-refractivity contribution in [1.29, 1.82) is 0 Å². The van der Waals surface area contributed by atoms with Gasteiger partial charge in [-0.3, -0.25) is 0 Å². The average Bonchev–Trinajstić information content (AvgIpc) is 2.76. The van der Waals surface area contributed by atoms with Crippen LogP contribution in [0, 0.1) is 6.92 Å². The van der Waals surface area contributed by atoms with Gasteiger partial charge in [-0.2, -0.15) is 0 Å². The highest BCUT2D eigenvalue weighted by atomic mass is 32.1. The van der Waals surface area contributed by atoms with E-state index in [-0.39, 0.29) is 11.5 Å². The summed E-state index contributed by atoms with van der Waals surface area (Å²) in [5, 5.41) is 9.95. The van der Waals surface area contributed by atoms with Crippen LogP contribution in [0.2, 0.25) is 0 Å². The fourth-order valence-corrected chi connectivity index (χ4v) is 2.78. The number of hydrogen-bond donors (Lipinski definition) is 1. The number of benzene rings is 1. The van der Waals surface area contributed by atoms with E-state index in [9.17, 15) is 4.79 Å². The lowest BCUT2D eigenvalue weighted by atomic mass is 10.1. The number of aryl methyl sites for hydroxylation is 1. The Balaban J connectivity index is 2.29. The SMILES string of the molecule is COCc1nc(Cc2ccccc2C)sc1C(=O)O. The third-order valence-corrected chi connectivity index (χ3v) is 3.91. The van der Waals surface area contributed by atoms with E-state index in [1.165, 1.54) is 24.0 Å². The Morgan fingerprint density at radius 1 is 1.42 bits per heavy atom. The van der Waals surface area contributed by atoms with E-state index in [4.69, 9.17) is 9.84 Å². The van der Waals surface area contributed by atoms with Crippen molar-refractivity contribution < 1.29 is 14.6 Å². The zero-order chi connectivity index (χ0) is 13.8. The molecule has 0 aliphatic rings. The molecule has 4 nitrogen and oxygen atoms in total. The van der Waals surface area contributed by atoms with Gasteiger partial charge in [-0.15, -0.1) is 11.3 Å². The molecule has 0 aliphatic heterocycles. The fraction of sp³-hybridized carbons (Fsp3) is 0.286. The molecule has 0 spiro atoms. The van der Waals surface area contributed by atoms with Crippen LogP contribution in [0.3, 0.4) is 0 Å². The molecule has 0 radical (unpaired) electrons. The number of thiazole rings is 1. The first kappa shape index (κ1) is 13.7. The molecule has 2 aromatic rings. The van der Waals surface area contributed by atoms with Gasteiger partial charge in [-0.05, 0) is 18.1 Å². The first-order valence-electron chi connectivity index (χ1n) is 5.87. The first-order chi connectivity index (χ1) is 9.11. The number of carboxylic acids is 1. The minimum absolute atomic E-state index is 0.228. The number of aromatic carboxylic acids is 1. The van der Waals surface area contributed by atoms with Crippen LogP contribution in [-0.2, 0) is 17.8 Å². The lowest BCUT2D eigenvalue weighted by Gasteiger charge is -2.02. The minimum atomic E-state index is -0.944. The maximum atomic E-state index is 11.1. The summed E-state index contributed by atoms with van der Waals surface area (Å²) in [6.07, 6.45) is 0.654. The molecule has 0 aliphatic carbocycles. The van der Waals surface area contributed by atoms with Crippen molar-refractivity contribution in [2.24, 2.45) is 0 Å². The molecule has 1 heterocycles. The molecule has 0 atom stereocenters. The monoisotopic (exact) mass is 277 g/mol. The second kappa shape index (κ2) is 5.95. The summed E-state index contributed by atoms with van der Waals surface area (Å²) in [6, 6.07) is 8.04. The Kier molecular flexibility index (Phi) is 4.29. The highest BCUT2D eigenvalue weighted by Crippen LogP contribution is 2.23. The zero-order valence-corrected chi connectivity index (χ0v) is 11.7. The number of nitrogens with zero attached hydrogens (tertiary/aromatic N) is 1. The van der Waals surface area contributed by atoms with Crippen molar-refractivity contribution in [3.05, 3.63) is 51.0 Å². The van der Waals surface area contributed by atoms with Crippen LogP contribution in [0.4, 0.5) is 0 Å². The van der Waals surface area contributed by atoms with Gasteiger partial charge < -0.3 is 9.84 Å². The molecule has 0 bridgehead atoms. The van der Waals surface area contributed by atoms with Gasteiger partial charge in [0.05, 0.1) is 17.3 Å². The third kappa shape index (κ3) is 3.19. The predicted molar refractivity (Wildman–Crippen MR) is 73.8 cm³/mol. The van der Waals surface area contributed by atoms with E-state index < -0.39 is 5.97 Å². The fourth-order valence-electron chi connectivity index (χ4n) is 1.85. The van der Waals surface area contributed by atoms with Crippen LogP contribution in [-0.4, -0.2) is 23.2 Å². The maximum Gasteiger partial charge on any atom is 0.347 e. The molecular formula is C14H15NO3S. The van der Waals surface area contributed by atoms with Gasteiger partial charge in [0.25, 0.3) is 0 Å². The van der Waals surface area contributed by atoms with E-state index in [0.29, 0.717) is 12.1 Å².